The lowest BCUT2D eigenvalue weighted by Gasteiger charge is -2.06. The van der Waals surface area contributed by atoms with Crippen LogP contribution in [0.2, 0.25) is 0 Å². The molecule has 0 spiro atoms. The van der Waals surface area contributed by atoms with E-state index in [9.17, 15) is 9.59 Å². The van der Waals surface area contributed by atoms with E-state index in [0.717, 1.165) is 6.42 Å². The van der Waals surface area contributed by atoms with Crippen LogP contribution in [0.15, 0.2) is 23.1 Å². The second-order valence-electron chi connectivity index (χ2n) is 3.25. The fraction of sp³-hybridized carbons (Fsp3) is 0.400. The molecule has 15 heavy (non-hydrogen) atoms. The van der Waals surface area contributed by atoms with E-state index in [4.69, 9.17) is 5.73 Å². The molecule has 0 radical (unpaired) electrons. The minimum atomic E-state index is -0.329. The molecule has 5 heteroatoms. The van der Waals surface area contributed by atoms with Crippen LogP contribution in [0.1, 0.15) is 13.3 Å². The normalized spacial score (nSPS) is 9.93. The van der Waals surface area contributed by atoms with E-state index in [0.29, 0.717) is 6.54 Å². The first-order chi connectivity index (χ1) is 7.15. The average Bonchev–Trinajstić information content (AvgIpc) is 2.22. The fourth-order valence-electron chi connectivity index (χ4n) is 1.15. The zero-order valence-corrected chi connectivity index (χ0v) is 8.69. The van der Waals surface area contributed by atoms with Crippen molar-refractivity contribution in [2.24, 2.45) is 0 Å². The third kappa shape index (κ3) is 3.12. The van der Waals surface area contributed by atoms with E-state index in [1.54, 1.807) is 12.3 Å². The van der Waals surface area contributed by atoms with E-state index in [-0.39, 0.29) is 23.7 Å². The van der Waals surface area contributed by atoms with Crippen LogP contribution >= 0.6 is 0 Å². The van der Waals surface area contributed by atoms with Crippen LogP contribution in [0.4, 0.5) is 5.69 Å². The van der Waals surface area contributed by atoms with Crippen LogP contribution in [-0.4, -0.2) is 17.0 Å². The molecule has 1 aromatic heterocycles. The van der Waals surface area contributed by atoms with Crippen molar-refractivity contribution in [2.45, 2.75) is 19.9 Å². The maximum atomic E-state index is 11.4. The first-order valence-corrected chi connectivity index (χ1v) is 4.86. The molecule has 0 bridgehead atoms. The van der Waals surface area contributed by atoms with Gasteiger partial charge in [-0.3, -0.25) is 9.59 Å². The highest BCUT2D eigenvalue weighted by molar-refractivity contribution is 5.75. The number of amides is 1. The van der Waals surface area contributed by atoms with Gasteiger partial charge in [0.1, 0.15) is 6.54 Å². The SMILES string of the molecule is CCCNC(=O)Cn1cccc(N)c1=O. The van der Waals surface area contributed by atoms with E-state index >= 15 is 0 Å². The lowest BCUT2D eigenvalue weighted by molar-refractivity contribution is -0.121. The molecule has 0 unspecified atom stereocenters. The summed E-state index contributed by atoms with van der Waals surface area (Å²) in [4.78, 5) is 22.8. The number of nitrogens with zero attached hydrogens (tertiary/aromatic N) is 1. The zero-order valence-electron chi connectivity index (χ0n) is 8.69. The van der Waals surface area contributed by atoms with Crippen molar-refractivity contribution in [2.75, 3.05) is 12.3 Å². The zero-order chi connectivity index (χ0) is 11.3. The van der Waals surface area contributed by atoms with Crippen molar-refractivity contribution in [3.63, 3.8) is 0 Å². The van der Waals surface area contributed by atoms with Crippen molar-refractivity contribution in [3.8, 4) is 0 Å². The molecule has 0 atom stereocenters. The lowest BCUT2D eigenvalue weighted by Crippen LogP contribution is -2.33. The van der Waals surface area contributed by atoms with Crippen LogP contribution in [0, 0.1) is 0 Å². The Morgan fingerprint density at radius 2 is 2.33 bits per heavy atom. The highest BCUT2D eigenvalue weighted by Gasteiger charge is 2.04. The number of pyridine rings is 1. The Morgan fingerprint density at radius 3 is 3.00 bits per heavy atom. The fourth-order valence-corrected chi connectivity index (χ4v) is 1.15. The minimum Gasteiger partial charge on any atom is -0.394 e. The first-order valence-electron chi connectivity index (χ1n) is 4.86. The van der Waals surface area contributed by atoms with E-state index < -0.39 is 0 Å². The number of nitrogen functional groups attached to an aromatic ring is 1. The quantitative estimate of drug-likeness (QED) is 0.730. The second kappa shape index (κ2) is 5.19. The Bertz CT molecular complexity index is 398. The van der Waals surface area contributed by atoms with Gasteiger partial charge < -0.3 is 15.6 Å². The van der Waals surface area contributed by atoms with Gasteiger partial charge >= 0.3 is 0 Å². The molecule has 0 fully saturated rings. The maximum Gasteiger partial charge on any atom is 0.274 e. The summed E-state index contributed by atoms with van der Waals surface area (Å²) in [7, 11) is 0. The molecule has 1 amide bonds. The average molecular weight is 209 g/mol. The van der Waals surface area contributed by atoms with Crippen LogP contribution in [0.3, 0.4) is 0 Å². The molecule has 0 aliphatic heterocycles. The van der Waals surface area contributed by atoms with Gasteiger partial charge in [0.15, 0.2) is 0 Å². The first kappa shape index (κ1) is 11.3. The summed E-state index contributed by atoms with van der Waals surface area (Å²) >= 11 is 0. The van der Waals surface area contributed by atoms with E-state index in [1.165, 1.54) is 10.6 Å². The van der Waals surface area contributed by atoms with Crippen molar-refractivity contribution in [1.82, 2.24) is 9.88 Å². The van der Waals surface area contributed by atoms with Gasteiger partial charge in [0, 0.05) is 12.7 Å². The van der Waals surface area contributed by atoms with E-state index in [2.05, 4.69) is 5.32 Å². The van der Waals surface area contributed by atoms with Gasteiger partial charge in [-0.25, -0.2) is 0 Å². The van der Waals surface area contributed by atoms with Crippen LogP contribution in [-0.2, 0) is 11.3 Å². The largest absolute Gasteiger partial charge is 0.394 e. The number of nitrogens with two attached hydrogens (primary N) is 1. The summed E-state index contributed by atoms with van der Waals surface area (Å²) < 4.78 is 1.29. The molecule has 1 heterocycles. The van der Waals surface area contributed by atoms with Gasteiger partial charge in [-0.05, 0) is 18.6 Å². The molecule has 1 aromatic rings. The number of carbonyl (C=O) groups excluding carboxylic acids is 1. The monoisotopic (exact) mass is 209 g/mol. The second-order valence-corrected chi connectivity index (χ2v) is 3.25. The Labute approximate surface area is 87.9 Å². The van der Waals surface area contributed by atoms with Crippen LogP contribution in [0.5, 0.6) is 0 Å². The Balaban J connectivity index is 2.69. The summed E-state index contributed by atoms with van der Waals surface area (Å²) in [6.07, 6.45) is 2.42. The van der Waals surface area contributed by atoms with Gasteiger partial charge in [-0.1, -0.05) is 6.92 Å². The maximum absolute atomic E-state index is 11.4. The Morgan fingerprint density at radius 1 is 1.60 bits per heavy atom. The van der Waals surface area contributed by atoms with Crippen LogP contribution < -0.4 is 16.6 Å². The van der Waals surface area contributed by atoms with Gasteiger partial charge in [0.2, 0.25) is 5.91 Å². The third-order valence-corrected chi connectivity index (χ3v) is 1.94. The highest BCUT2D eigenvalue weighted by Crippen LogP contribution is 1.91. The topological polar surface area (TPSA) is 77.1 Å². The van der Waals surface area contributed by atoms with Crippen molar-refractivity contribution < 1.29 is 4.79 Å². The van der Waals surface area contributed by atoms with Crippen molar-refractivity contribution in [3.05, 3.63) is 28.7 Å². The molecule has 5 nitrogen and oxygen atoms in total. The van der Waals surface area contributed by atoms with Gasteiger partial charge in [0.25, 0.3) is 5.56 Å². The third-order valence-electron chi connectivity index (χ3n) is 1.94. The van der Waals surface area contributed by atoms with Crippen LogP contribution in [0.25, 0.3) is 0 Å². The molecule has 0 aliphatic carbocycles. The Kier molecular flexibility index (Phi) is 3.91. The molecule has 0 saturated heterocycles. The smallest absolute Gasteiger partial charge is 0.274 e. The molecular weight excluding hydrogens is 194 g/mol. The Hall–Kier alpha value is -1.78. The molecule has 1 rings (SSSR count). The summed E-state index contributed by atoms with van der Waals surface area (Å²) in [6, 6.07) is 3.16. The number of rotatable bonds is 4. The minimum absolute atomic E-state index is 0.0177. The standard InChI is InChI=1S/C10H15N3O2/c1-2-5-12-9(14)7-13-6-3-4-8(11)10(13)15/h3-4,6H,2,5,7,11H2,1H3,(H,12,14). The predicted octanol–water partition coefficient (Wildman–Crippen LogP) is -0.0433. The predicted molar refractivity (Wildman–Crippen MR) is 58.4 cm³/mol. The van der Waals surface area contributed by atoms with E-state index in [1.807, 2.05) is 6.92 Å². The molecular formula is C10H15N3O2. The van der Waals surface area contributed by atoms with Crippen molar-refractivity contribution >= 4 is 11.6 Å². The summed E-state index contributed by atoms with van der Waals surface area (Å²) in [5, 5.41) is 2.69. The van der Waals surface area contributed by atoms with Gasteiger partial charge in [-0.15, -0.1) is 0 Å². The summed E-state index contributed by atoms with van der Waals surface area (Å²) in [5.74, 6) is -0.176. The molecule has 0 aromatic carbocycles. The number of hydrogen-bond donors (Lipinski definition) is 2. The summed E-state index contributed by atoms with van der Waals surface area (Å²) in [5.41, 5.74) is 5.26. The number of hydrogen-bond acceptors (Lipinski definition) is 3. The molecule has 0 saturated carbocycles. The molecule has 3 N–H and O–H groups in total. The number of anilines is 1. The number of nitrogens with one attached hydrogen (secondary N) is 1. The highest BCUT2D eigenvalue weighted by atomic mass is 16.2. The lowest BCUT2D eigenvalue weighted by atomic mass is 10.4. The van der Waals surface area contributed by atoms with Gasteiger partial charge in [-0.2, -0.15) is 0 Å². The number of carbonyl (C=O) groups is 1. The molecule has 82 valence electrons. The van der Waals surface area contributed by atoms with Crippen molar-refractivity contribution in [1.29, 1.82) is 0 Å². The summed E-state index contributed by atoms with van der Waals surface area (Å²) in [6.45, 7) is 2.60. The van der Waals surface area contributed by atoms with Gasteiger partial charge in [0.05, 0.1) is 5.69 Å². The number of aromatic nitrogens is 1. The molecule has 0 aliphatic rings.